The van der Waals surface area contributed by atoms with Crippen molar-refractivity contribution in [3.8, 4) is 12.1 Å². The number of hydrogen-bond acceptors (Lipinski definition) is 4. The minimum absolute atomic E-state index is 0.0252. The quantitative estimate of drug-likeness (QED) is 0.613. The molecule has 1 amide bonds. The normalized spacial score (nSPS) is 8.95. The Bertz CT molecular complexity index is 562. The van der Waals surface area contributed by atoms with Crippen LogP contribution in [0.25, 0.3) is 0 Å². The number of benzene rings is 1. The fourth-order valence-corrected chi connectivity index (χ4v) is 1.48. The van der Waals surface area contributed by atoms with Gasteiger partial charge in [0.05, 0.1) is 0 Å². The summed E-state index contributed by atoms with van der Waals surface area (Å²) < 4.78 is 0. The lowest BCUT2D eigenvalue weighted by Gasteiger charge is -2.06. The first-order valence-electron chi connectivity index (χ1n) is 6.36. The molecule has 0 spiro atoms. The number of allylic oxidation sites excluding steroid dienone is 1. The molecule has 1 aromatic rings. The number of hydrogen-bond donors (Lipinski definition) is 2. The van der Waals surface area contributed by atoms with Gasteiger partial charge in [0.2, 0.25) is 0 Å². The lowest BCUT2D eigenvalue weighted by Crippen LogP contribution is -2.24. The van der Waals surface area contributed by atoms with E-state index in [2.05, 4.69) is 17.6 Å². The van der Waals surface area contributed by atoms with Crippen molar-refractivity contribution < 1.29 is 4.79 Å². The first-order chi connectivity index (χ1) is 9.71. The van der Waals surface area contributed by atoms with Gasteiger partial charge in [-0.05, 0) is 24.6 Å². The van der Waals surface area contributed by atoms with E-state index in [4.69, 9.17) is 10.5 Å². The molecule has 1 aromatic carbocycles. The molecule has 0 bridgehead atoms. The van der Waals surface area contributed by atoms with Crippen molar-refractivity contribution in [1.29, 1.82) is 10.5 Å². The Morgan fingerprint density at radius 3 is 2.75 bits per heavy atom. The molecule has 102 valence electrons. The average Bonchev–Trinajstić information content (AvgIpc) is 2.49. The number of amides is 1. The highest BCUT2D eigenvalue weighted by molar-refractivity contribution is 5.95. The topological polar surface area (TPSA) is 88.7 Å². The van der Waals surface area contributed by atoms with Gasteiger partial charge in [-0.3, -0.25) is 4.79 Å². The fourth-order valence-electron chi connectivity index (χ4n) is 1.48. The minimum Gasteiger partial charge on any atom is -0.360 e. The molecule has 0 heterocycles. The number of carbonyl (C=O) groups is 1. The second-order valence-corrected chi connectivity index (χ2v) is 4.12. The van der Waals surface area contributed by atoms with Crippen LogP contribution in [-0.2, 0) is 0 Å². The first kappa shape index (κ1) is 15.3. The van der Waals surface area contributed by atoms with Crippen LogP contribution in [0.5, 0.6) is 0 Å². The Morgan fingerprint density at radius 1 is 1.35 bits per heavy atom. The summed E-state index contributed by atoms with van der Waals surface area (Å²) in [5.74, 6) is -0.133. The number of nitriles is 2. The lowest BCUT2D eigenvalue weighted by molar-refractivity contribution is 0.0953. The smallest absolute Gasteiger partial charge is 0.251 e. The van der Waals surface area contributed by atoms with Crippen LogP contribution in [0.2, 0.25) is 0 Å². The summed E-state index contributed by atoms with van der Waals surface area (Å²) >= 11 is 0. The van der Waals surface area contributed by atoms with E-state index in [0.717, 1.165) is 12.8 Å². The van der Waals surface area contributed by atoms with Gasteiger partial charge in [0.15, 0.2) is 0 Å². The van der Waals surface area contributed by atoms with Crippen LogP contribution in [0.15, 0.2) is 36.0 Å². The van der Waals surface area contributed by atoms with Crippen LogP contribution >= 0.6 is 0 Å². The molecule has 0 radical (unpaired) electrons. The third-order valence-corrected chi connectivity index (χ3v) is 2.56. The second kappa shape index (κ2) is 8.34. The molecular formula is C15H16N4O. The summed E-state index contributed by atoms with van der Waals surface area (Å²) in [5, 5.41) is 22.9. The van der Waals surface area contributed by atoms with Crippen LogP contribution in [-0.4, -0.2) is 12.5 Å². The molecule has 0 fully saturated rings. The van der Waals surface area contributed by atoms with Gasteiger partial charge in [-0.1, -0.05) is 19.4 Å². The van der Waals surface area contributed by atoms with Gasteiger partial charge >= 0.3 is 0 Å². The summed E-state index contributed by atoms with van der Waals surface area (Å²) in [7, 11) is 0. The summed E-state index contributed by atoms with van der Waals surface area (Å²) in [4.78, 5) is 11.9. The summed E-state index contributed by atoms with van der Waals surface area (Å²) in [5.41, 5.74) is 1.16. The van der Waals surface area contributed by atoms with Crippen molar-refractivity contribution in [2.24, 2.45) is 0 Å². The monoisotopic (exact) mass is 268 g/mol. The van der Waals surface area contributed by atoms with E-state index in [0.29, 0.717) is 17.8 Å². The van der Waals surface area contributed by atoms with Gasteiger partial charge in [0, 0.05) is 24.0 Å². The van der Waals surface area contributed by atoms with Crippen molar-refractivity contribution in [3.05, 3.63) is 41.6 Å². The molecule has 5 heteroatoms. The Morgan fingerprint density at radius 2 is 2.10 bits per heavy atom. The van der Waals surface area contributed by atoms with Gasteiger partial charge < -0.3 is 10.6 Å². The SMILES string of the molecule is CCCCNC(=O)c1cccc(NC=C(C#N)C#N)c1. The standard InChI is InChI=1S/C15H16N4O/c1-2-3-7-18-15(20)13-5-4-6-14(8-13)19-11-12(9-16)10-17/h4-6,8,11,19H,2-3,7H2,1H3,(H,18,20). The number of nitrogens with one attached hydrogen (secondary N) is 2. The third-order valence-electron chi connectivity index (χ3n) is 2.56. The van der Waals surface area contributed by atoms with Crippen molar-refractivity contribution in [1.82, 2.24) is 5.32 Å². The van der Waals surface area contributed by atoms with Gasteiger partial charge in [0.1, 0.15) is 17.7 Å². The lowest BCUT2D eigenvalue weighted by atomic mass is 10.2. The van der Waals surface area contributed by atoms with Gasteiger partial charge in [-0.2, -0.15) is 10.5 Å². The van der Waals surface area contributed by atoms with Crippen molar-refractivity contribution in [2.45, 2.75) is 19.8 Å². The van der Waals surface area contributed by atoms with E-state index >= 15 is 0 Å². The molecule has 1 rings (SSSR count). The maximum Gasteiger partial charge on any atom is 0.251 e. The molecule has 0 atom stereocenters. The maximum atomic E-state index is 11.9. The molecule has 0 aliphatic carbocycles. The fraction of sp³-hybridized carbons (Fsp3) is 0.267. The van der Waals surface area contributed by atoms with Crippen LogP contribution in [0.1, 0.15) is 30.1 Å². The summed E-state index contributed by atoms with van der Waals surface area (Å²) in [6, 6.07) is 10.4. The average molecular weight is 268 g/mol. The Kier molecular flexibility index (Phi) is 6.36. The highest BCUT2D eigenvalue weighted by atomic mass is 16.1. The molecule has 2 N–H and O–H groups in total. The highest BCUT2D eigenvalue weighted by Gasteiger charge is 2.04. The van der Waals surface area contributed by atoms with Crippen molar-refractivity contribution in [3.63, 3.8) is 0 Å². The highest BCUT2D eigenvalue weighted by Crippen LogP contribution is 2.11. The minimum atomic E-state index is -0.133. The number of anilines is 1. The number of unbranched alkanes of at least 4 members (excludes halogenated alkanes) is 1. The van der Waals surface area contributed by atoms with Crippen LogP contribution in [0.4, 0.5) is 5.69 Å². The molecule has 0 aliphatic rings. The second-order valence-electron chi connectivity index (χ2n) is 4.12. The van der Waals surface area contributed by atoms with Crippen LogP contribution in [0.3, 0.4) is 0 Å². The third kappa shape index (κ3) is 4.83. The molecule has 20 heavy (non-hydrogen) atoms. The maximum absolute atomic E-state index is 11.9. The molecule has 0 saturated carbocycles. The molecule has 5 nitrogen and oxygen atoms in total. The number of rotatable bonds is 6. The molecule has 0 saturated heterocycles. The molecule has 0 aliphatic heterocycles. The molecule has 0 unspecified atom stereocenters. The van der Waals surface area contributed by atoms with Gasteiger partial charge in [-0.25, -0.2) is 0 Å². The van der Waals surface area contributed by atoms with E-state index in [1.165, 1.54) is 6.20 Å². The summed E-state index contributed by atoms with van der Waals surface area (Å²) in [6.07, 6.45) is 3.28. The number of nitrogens with zero attached hydrogens (tertiary/aromatic N) is 2. The zero-order chi connectivity index (χ0) is 14.8. The predicted octanol–water partition coefficient (Wildman–Crippen LogP) is 2.56. The van der Waals surface area contributed by atoms with Gasteiger partial charge in [0.25, 0.3) is 5.91 Å². The number of carbonyl (C=O) groups excluding carboxylic acids is 1. The molecule has 0 aromatic heterocycles. The first-order valence-corrected chi connectivity index (χ1v) is 6.36. The van der Waals surface area contributed by atoms with Crippen molar-refractivity contribution >= 4 is 11.6 Å². The predicted molar refractivity (Wildman–Crippen MR) is 76.6 cm³/mol. The van der Waals surface area contributed by atoms with E-state index < -0.39 is 0 Å². The van der Waals surface area contributed by atoms with Crippen LogP contribution < -0.4 is 10.6 Å². The van der Waals surface area contributed by atoms with Gasteiger partial charge in [-0.15, -0.1) is 0 Å². The Hall–Kier alpha value is -2.79. The van der Waals surface area contributed by atoms with E-state index in [-0.39, 0.29) is 11.5 Å². The largest absolute Gasteiger partial charge is 0.360 e. The van der Waals surface area contributed by atoms with E-state index in [9.17, 15) is 4.79 Å². The van der Waals surface area contributed by atoms with E-state index in [1.807, 2.05) is 0 Å². The van der Waals surface area contributed by atoms with E-state index in [1.54, 1.807) is 36.4 Å². The Balaban J connectivity index is 2.71. The summed E-state index contributed by atoms with van der Waals surface area (Å²) in [6.45, 7) is 2.71. The van der Waals surface area contributed by atoms with Crippen LogP contribution in [0, 0.1) is 22.7 Å². The zero-order valence-corrected chi connectivity index (χ0v) is 11.3. The zero-order valence-electron chi connectivity index (χ0n) is 11.3. The Labute approximate surface area is 118 Å². The molecular weight excluding hydrogens is 252 g/mol. The van der Waals surface area contributed by atoms with Crippen molar-refractivity contribution in [2.75, 3.05) is 11.9 Å².